The zero-order valence-electron chi connectivity index (χ0n) is 29.3. The van der Waals surface area contributed by atoms with Gasteiger partial charge in [-0.05, 0) is 85.5 Å². The lowest BCUT2D eigenvalue weighted by atomic mass is 9.91. The molecule has 0 bridgehead atoms. The molecule has 1 N–H and O–H groups in total. The van der Waals surface area contributed by atoms with Gasteiger partial charge in [0.25, 0.3) is 5.91 Å². The SMILES string of the molecule is Cc1cc(OC(=O)c2ccc(C(=O)NCC(c3ccccc3)c3ccccc3)cc2)ccc1-c1cn([C@@H](Cc2ccccc2)C(=O)OC(C)C)nn1. The van der Waals surface area contributed by atoms with Crippen LogP contribution < -0.4 is 10.1 Å². The molecule has 6 aromatic rings. The smallest absolute Gasteiger partial charge is 0.343 e. The van der Waals surface area contributed by atoms with E-state index in [1.807, 2.05) is 87.5 Å². The highest BCUT2D eigenvalue weighted by Crippen LogP contribution is 2.28. The molecule has 1 atom stereocenters. The van der Waals surface area contributed by atoms with Gasteiger partial charge in [-0.1, -0.05) is 96.2 Å². The van der Waals surface area contributed by atoms with Gasteiger partial charge >= 0.3 is 11.9 Å². The van der Waals surface area contributed by atoms with Crippen LogP contribution in [0, 0.1) is 6.92 Å². The maximum absolute atomic E-state index is 13.1. The number of aromatic nitrogens is 3. The number of hydrogen-bond donors (Lipinski definition) is 1. The number of carbonyl (C=O) groups is 3. The molecular formula is C43H40N4O5. The van der Waals surface area contributed by atoms with Crippen LogP contribution in [0.1, 0.15) is 68.8 Å². The van der Waals surface area contributed by atoms with Gasteiger partial charge in [-0.3, -0.25) is 4.79 Å². The first-order valence-electron chi connectivity index (χ1n) is 17.2. The van der Waals surface area contributed by atoms with E-state index in [2.05, 4.69) is 39.9 Å². The van der Waals surface area contributed by atoms with E-state index in [0.29, 0.717) is 35.5 Å². The van der Waals surface area contributed by atoms with Crippen LogP contribution in [-0.4, -0.2) is 45.5 Å². The Hall–Kier alpha value is -6.35. The molecule has 5 aromatic carbocycles. The summed E-state index contributed by atoms with van der Waals surface area (Å²) >= 11 is 0. The fourth-order valence-electron chi connectivity index (χ4n) is 5.99. The fraction of sp³-hybridized carbons (Fsp3) is 0.186. The summed E-state index contributed by atoms with van der Waals surface area (Å²) in [4.78, 5) is 39.2. The average molecular weight is 693 g/mol. The lowest BCUT2D eigenvalue weighted by Crippen LogP contribution is -2.29. The summed E-state index contributed by atoms with van der Waals surface area (Å²) < 4.78 is 12.8. The van der Waals surface area contributed by atoms with E-state index in [4.69, 9.17) is 9.47 Å². The minimum absolute atomic E-state index is 0.00696. The Balaban J connectivity index is 1.09. The molecular weight excluding hydrogens is 652 g/mol. The van der Waals surface area contributed by atoms with E-state index < -0.39 is 12.0 Å². The Morgan fingerprint density at radius 3 is 1.94 bits per heavy atom. The molecule has 1 aromatic heterocycles. The number of ether oxygens (including phenoxy) is 2. The van der Waals surface area contributed by atoms with Crippen LogP contribution in [-0.2, 0) is 16.0 Å². The topological polar surface area (TPSA) is 112 Å². The lowest BCUT2D eigenvalue weighted by molar-refractivity contribution is -0.151. The van der Waals surface area contributed by atoms with Crippen molar-refractivity contribution < 1.29 is 23.9 Å². The summed E-state index contributed by atoms with van der Waals surface area (Å²) in [7, 11) is 0. The van der Waals surface area contributed by atoms with Crippen LogP contribution in [0.2, 0.25) is 0 Å². The molecule has 0 saturated carbocycles. The second-order valence-electron chi connectivity index (χ2n) is 12.8. The van der Waals surface area contributed by atoms with Gasteiger partial charge in [0.15, 0.2) is 6.04 Å². The van der Waals surface area contributed by atoms with Gasteiger partial charge in [0.2, 0.25) is 0 Å². The molecule has 0 aliphatic rings. The van der Waals surface area contributed by atoms with Crippen molar-refractivity contribution in [2.45, 2.75) is 45.3 Å². The van der Waals surface area contributed by atoms with Gasteiger partial charge in [0.05, 0.1) is 17.9 Å². The Labute approximate surface area is 303 Å². The van der Waals surface area contributed by atoms with E-state index in [1.54, 1.807) is 48.7 Å². The van der Waals surface area contributed by atoms with Crippen molar-refractivity contribution in [1.82, 2.24) is 20.3 Å². The van der Waals surface area contributed by atoms with Gasteiger partial charge in [0, 0.05) is 30.0 Å². The number of hydrogen-bond acceptors (Lipinski definition) is 7. The number of aryl methyl sites for hydroxylation is 1. The third kappa shape index (κ3) is 8.86. The van der Waals surface area contributed by atoms with Crippen molar-refractivity contribution >= 4 is 17.8 Å². The Morgan fingerprint density at radius 2 is 1.35 bits per heavy atom. The van der Waals surface area contributed by atoms with Crippen molar-refractivity contribution in [3.05, 3.63) is 173 Å². The van der Waals surface area contributed by atoms with Crippen molar-refractivity contribution in [3.8, 4) is 17.0 Å². The van der Waals surface area contributed by atoms with E-state index in [9.17, 15) is 14.4 Å². The molecule has 262 valence electrons. The van der Waals surface area contributed by atoms with Crippen molar-refractivity contribution in [1.29, 1.82) is 0 Å². The third-order valence-electron chi connectivity index (χ3n) is 8.66. The molecule has 52 heavy (non-hydrogen) atoms. The summed E-state index contributed by atoms with van der Waals surface area (Å²) in [6.45, 7) is 5.92. The normalized spacial score (nSPS) is 11.6. The quantitative estimate of drug-likeness (QED) is 0.0972. The summed E-state index contributed by atoms with van der Waals surface area (Å²) in [6.07, 6.45) is 1.86. The van der Waals surface area contributed by atoms with Gasteiger partial charge in [-0.25, -0.2) is 14.3 Å². The molecule has 0 unspecified atom stereocenters. The zero-order valence-corrected chi connectivity index (χ0v) is 29.3. The molecule has 1 amide bonds. The van der Waals surface area contributed by atoms with Crippen molar-refractivity contribution in [3.63, 3.8) is 0 Å². The molecule has 0 aliphatic heterocycles. The van der Waals surface area contributed by atoms with Crippen LogP contribution in [0.4, 0.5) is 0 Å². The maximum atomic E-state index is 13.1. The number of nitrogens with one attached hydrogen (secondary N) is 1. The van der Waals surface area contributed by atoms with Crippen LogP contribution in [0.3, 0.4) is 0 Å². The lowest BCUT2D eigenvalue weighted by Gasteiger charge is -2.19. The molecule has 0 saturated heterocycles. The van der Waals surface area contributed by atoms with Gasteiger partial charge in [-0.15, -0.1) is 5.10 Å². The number of esters is 2. The number of benzene rings is 5. The third-order valence-corrected chi connectivity index (χ3v) is 8.66. The van der Waals surface area contributed by atoms with E-state index in [0.717, 1.165) is 27.8 Å². The summed E-state index contributed by atoms with van der Waals surface area (Å²) in [5, 5.41) is 11.7. The Morgan fingerprint density at radius 1 is 0.750 bits per heavy atom. The molecule has 9 heteroatoms. The highest BCUT2D eigenvalue weighted by molar-refractivity contribution is 5.96. The highest BCUT2D eigenvalue weighted by Gasteiger charge is 2.26. The molecule has 0 fully saturated rings. The van der Waals surface area contributed by atoms with Crippen LogP contribution in [0.15, 0.2) is 140 Å². The average Bonchev–Trinajstić information content (AvgIpc) is 3.64. The molecule has 1 heterocycles. The van der Waals surface area contributed by atoms with Crippen molar-refractivity contribution in [2.24, 2.45) is 0 Å². The minimum atomic E-state index is -0.690. The second-order valence-corrected chi connectivity index (χ2v) is 12.8. The van der Waals surface area contributed by atoms with Crippen LogP contribution in [0.5, 0.6) is 5.75 Å². The predicted octanol–water partition coefficient (Wildman–Crippen LogP) is 7.77. The van der Waals surface area contributed by atoms with Gasteiger partial charge in [-0.2, -0.15) is 0 Å². The van der Waals surface area contributed by atoms with Gasteiger partial charge < -0.3 is 14.8 Å². The molecule has 0 aliphatic carbocycles. The maximum Gasteiger partial charge on any atom is 0.343 e. The molecule has 0 spiro atoms. The van der Waals surface area contributed by atoms with E-state index in [-0.39, 0.29) is 23.9 Å². The number of rotatable bonds is 13. The Bertz CT molecular complexity index is 2070. The highest BCUT2D eigenvalue weighted by atomic mass is 16.5. The predicted molar refractivity (Wildman–Crippen MR) is 199 cm³/mol. The zero-order chi connectivity index (χ0) is 36.5. The molecule has 0 radical (unpaired) electrons. The summed E-state index contributed by atoms with van der Waals surface area (Å²) in [6, 6.07) is 40.8. The number of amides is 1. The largest absolute Gasteiger partial charge is 0.461 e. The van der Waals surface area contributed by atoms with Crippen LogP contribution in [0.25, 0.3) is 11.3 Å². The van der Waals surface area contributed by atoms with Gasteiger partial charge in [0.1, 0.15) is 11.4 Å². The first-order chi connectivity index (χ1) is 25.2. The van der Waals surface area contributed by atoms with E-state index >= 15 is 0 Å². The minimum Gasteiger partial charge on any atom is -0.461 e. The number of nitrogens with zero attached hydrogens (tertiary/aromatic N) is 3. The molecule has 9 nitrogen and oxygen atoms in total. The monoisotopic (exact) mass is 692 g/mol. The summed E-state index contributed by atoms with van der Waals surface area (Å²) in [5.74, 6) is -0.820. The standard InChI is InChI=1S/C43H40N4O5/c1-29(2)51-43(50)40(26-31-13-7-4-8-14-31)47-28-39(45-46-47)37-24-23-36(25-30(37)3)52-42(49)35-21-19-34(20-22-35)41(48)44-27-38(32-15-9-5-10-16-32)33-17-11-6-12-18-33/h4-25,28-29,38,40H,26-27H2,1-3H3,(H,44,48)/t40-/m0/s1. The van der Waals surface area contributed by atoms with E-state index in [1.165, 1.54) is 4.68 Å². The summed E-state index contributed by atoms with van der Waals surface area (Å²) in [5.41, 5.74) is 6.09. The number of carbonyl (C=O) groups excluding carboxylic acids is 3. The second kappa shape index (κ2) is 16.6. The van der Waals surface area contributed by atoms with Crippen molar-refractivity contribution in [2.75, 3.05) is 6.54 Å². The van der Waals surface area contributed by atoms with Crippen LogP contribution >= 0.6 is 0 Å². The first-order valence-corrected chi connectivity index (χ1v) is 17.2. The Kier molecular flexibility index (Phi) is 11.3. The molecule has 6 rings (SSSR count). The fourth-order valence-corrected chi connectivity index (χ4v) is 5.99. The first kappa shape index (κ1) is 35.5.